The van der Waals surface area contributed by atoms with E-state index in [-0.39, 0.29) is 28.8 Å². The second kappa shape index (κ2) is 23.5. The zero-order valence-electron chi connectivity index (χ0n) is 51.0. The monoisotopic (exact) mass is 1260 g/mol. The van der Waals surface area contributed by atoms with Gasteiger partial charge in [0.15, 0.2) is 12.6 Å². The summed E-state index contributed by atoms with van der Waals surface area (Å²) in [4.78, 5) is 4.75. The van der Waals surface area contributed by atoms with Crippen molar-refractivity contribution < 1.29 is 18.9 Å². The molecule has 9 aromatic rings. The second-order valence-corrected chi connectivity index (χ2v) is 27.9. The fourth-order valence-corrected chi connectivity index (χ4v) is 14.9. The van der Waals surface area contributed by atoms with Gasteiger partial charge in [-0.2, -0.15) is 0 Å². The SMILES string of the molecule is CCCCC1(CCCC)c2cc(Br)ccc2-c2cc3c(cc21)-c1ccc(Br)cc1C3(c1ccc(N(c2ccc(C3OCCO3)cc2)c2ccc(C(C)(C)C)cc2)cc1)c1ccc(N(c2ccc(C3OCCO3)cc2)c2ccc(C(C)(C)C)cc2)cc1. The van der Waals surface area contributed by atoms with Gasteiger partial charge < -0.3 is 28.7 Å². The molecule has 2 heterocycles. The zero-order valence-corrected chi connectivity index (χ0v) is 54.2. The summed E-state index contributed by atoms with van der Waals surface area (Å²) in [6.45, 7) is 20.7. The minimum Gasteiger partial charge on any atom is -0.346 e. The van der Waals surface area contributed by atoms with Gasteiger partial charge in [-0.1, -0.05) is 198 Å². The van der Waals surface area contributed by atoms with Crippen molar-refractivity contribution in [2.45, 2.75) is 128 Å². The van der Waals surface area contributed by atoms with Crippen LogP contribution in [0.5, 0.6) is 0 Å². The standard InChI is InChI=1S/C78H78Br2N2O4/c1-9-11-41-77(42-12-10-2)69-47-57(79)25-39-65(69)67-50-72-68(49-70(67)77)66-40-26-58(80)48-71(66)78(72,55-21-35-63(36-22-55)81(61-31-17-53(18-32-61)75(3,4)5)59-27-13-51(14-28-59)73-83-43-44-84-73)56-23-37-64(38-24-56)82(62-33-19-54(20-34-62)76(6,7)8)60-29-15-52(16-30-60)74-85-45-46-86-74/h13-40,47-50,73-74H,9-12,41-46H2,1-8H3. The van der Waals surface area contributed by atoms with Gasteiger partial charge in [-0.05, 0) is 200 Å². The zero-order chi connectivity index (χ0) is 59.5. The van der Waals surface area contributed by atoms with Crippen LogP contribution in [0.25, 0.3) is 22.3 Å². The number of unbranched alkanes of at least 4 members (excludes halogenated alkanes) is 2. The molecule has 13 rings (SSSR count). The molecule has 4 aliphatic rings. The Balaban J connectivity index is 1.02. The van der Waals surface area contributed by atoms with E-state index in [2.05, 4.69) is 291 Å². The summed E-state index contributed by atoms with van der Waals surface area (Å²) >= 11 is 8.04. The Morgan fingerprint density at radius 3 is 1.08 bits per heavy atom. The van der Waals surface area contributed by atoms with Crippen molar-refractivity contribution in [2.75, 3.05) is 36.2 Å². The second-order valence-electron chi connectivity index (χ2n) is 26.1. The molecular weight excluding hydrogens is 1190 g/mol. The molecule has 9 aromatic carbocycles. The maximum absolute atomic E-state index is 5.95. The summed E-state index contributed by atoms with van der Waals surface area (Å²) in [6.07, 6.45) is 6.13. The Morgan fingerprint density at radius 2 is 0.698 bits per heavy atom. The fourth-order valence-electron chi connectivity index (χ4n) is 14.2. The lowest BCUT2D eigenvalue weighted by molar-refractivity contribution is -0.0443. The topological polar surface area (TPSA) is 43.4 Å². The van der Waals surface area contributed by atoms with Gasteiger partial charge in [-0.25, -0.2) is 0 Å². The van der Waals surface area contributed by atoms with Crippen LogP contribution in [0, 0.1) is 0 Å². The average molecular weight is 1270 g/mol. The molecule has 6 nitrogen and oxygen atoms in total. The van der Waals surface area contributed by atoms with E-state index in [0.717, 1.165) is 92.7 Å². The smallest absolute Gasteiger partial charge is 0.184 e. The van der Waals surface area contributed by atoms with Gasteiger partial charge in [0.05, 0.1) is 31.8 Å². The Hall–Kier alpha value is -6.62. The average Bonchev–Trinajstić information content (AvgIpc) is 1.56. The molecule has 8 heteroatoms. The van der Waals surface area contributed by atoms with Crippen LogP contribution in [0.4, 0.5) is 34.1 Å². The van der Waals surface area contributed by atoms with Crippen molar-refractivity contribution in [3.8, 4) is 22.3 Å². The summed E-state index contributed by atoms with van der Waals surface area (Å²) in [5, 5.41) is 0. The van der Waals surface area contributed by atoms with Gasteiger partial charge in [-0.3, -0.25) is 0 Å². The number of hydrogen-bond donors (Lipinski definition) is 0. The lowest BCUT2D eigenvalue weighted by atomic mass is 9.66. The van der Waals surface area contributed by atoms with E-state index < -0.39 is 5.41 Å². The molecule has 2 aliphatic carbocycles. The third-order valence-electron chi connectivity index (χ3n) is 18.6. The molecule has 86 heavy (non-hydrogen) atoms. The van der Waals surface area contributed by atoms with Crippen LogP contribution in [-0.4, -0.2) is 26.4 Å². The van der Waals surface area contributed by atoms with E-state index in [1.54, 1.807) is 0 Å². The number of benzene rings is 9. The molecule has 438 valence electrons. The van der Waals surface area contributed by atoms with Gasteiger partial charge in [0.25, 0.3) is 0 Å². The van der Waals surface area contributed by atoms with E-state index in [1.165, 1.54) is 66.8 Å². The van der Waals surface area contributed by atoms with Gasteiger partial charge >= 0.3 is 0 Å². The molecule has 0 atom stereocenters. The van der Waals surface area contributed by atoms with E-state index >= 15 is 0 Å². The number of fused-ring (bicyclic) bond motifs is 6. The summed E-state index contributed by atoms with van der Waals surface area (Å²) in [5.74, 6) is 0. The fraction of sp³-hybridized carbons (Fsp3) is 0.308. The molecular formula is C78H78Br2N2O4. The number of halogens is 2. The van der Waals surface area contributed by atoms with Crippen LogP contribution in [0.3, 0.4) is 0 Å². The number of nitrogens with zero attached hydrogens (tertiary/aromatic N) is 2. The van der Waals surface area contributed by atoms with Crippen molar-refractivity contribution in [3.63, 3.8) is 0 Å². The maximum Gasteiger partial charge on any atom is 0.184 e. The molecule has 0 spiro atoms. The lowest BCUT2D eigenvalue weighted by Crippen LogP contribution is -2.29. The Morgan fingerprint density at radius 1 is 0.384 bits per heavy atom. The lowest BCUT2D eigenvalue weighted by Gasteiger charge is -2.36. The van der Waals surface area contributed by atoms with Crippen molar-refractivity contribution in [3.05, 3.63) is 259 Å². The molecule has 2 fully saturated rings. The highest BCUT2D eigenvalue weighted by Crippen LogP contribution is 2.63. The Kier molecular flexibility index (Phi) is 15.9. The predicted octanol–water partition coefficient (Wildman–Crippen LogP) is 21.8. The summed E-state index contributed by atoms with van der Waals surface area (Å²) < 4.78 is 26.0. The number of rotatable bonds is 16. The minimum atomic E-state index is -0.738. The molecule has 2 saturated heterocycles. The summed E-state index contributed by atoms with van der Waals surface area (Å²) in [6, 6.07) is 73.9. The highest BCUT2D eigenvalue weighted by molar-refractivity contribution is 9.10. The summed E-state index contributed by atoms with van der Waals surface area (Å²) in [7, 11) is 0. The van der Waals surface area contributed by atoms with Crippen LogP contribution in [-0.2, 0) is 40.6 Å². The molecule has 0 saturated carbocycles. The quantitative estimate of drug-likeness (QED) is 0.0961. The molecule has 0 amide bonds. The minimum absolute atomic E-state index is 0.0106. The van der Waals surface area contributed by atoms with E-state index in [1.807, 2.05) is 0 Å². The number of anilines is 6. The van der Waals surface area contributed by atoms with E-state index in [9.17, 15) is 0 Å². The Bertz CT molecular complexity index is 3720. The van der Waals surface area contributed by atoms with Gasteiger partial charge in [0.2, 0.25) is 0 Å². The normalized spacial score (nSPS) is 16.0. The van der Waals surface area contributed by atoms with Gasteiger partial charge in [-0.15, -0.1) is 0 Å². The van der Waals surface area contributed by atoms with E-state index in [0.29, 0.717) is 26.4 Å². The van der Waals surface area contributed by atoms with Crippen LogP contribution in [0.1, 0.15) is 162 Å². The highest BCUT2D eigenvalue weighted by Gasteiger charge is 2.50. The molecule has 0 aromatic heterocycles. The van der Waals surface area contributed by atoms with Crippen LogP contribution >= 0.6 is 31.9 Å². The molecule has 0 unspecified atom stereocenters. The third kappa shape index (κ3) is 10.5. The third-order valence-corrected chi connectivity index (χ3v) is 19.6. The van der Waals surface area contributed by atoms with Crippen molar-refractivity contribution in [1.82, 2.24) is 0 Å². The summed E-state index contributed by atoms with van der Waals surface area (Å²) in [5.41, 5.74) is 23.3. The highest BCUT2D eigenvalue weighted by atomic mass is 79.9. The van der Waals surface area contributed by atoms with Gasteiger partial charge in [0.1, 0.15) is 0 Å². The first-order valence-electron chi connectivity index (χ1n) is 31.1. The first-order chi connectivity index (χ1) is 41.6. The van der Waals surface area contributed by atoms with Crippen LogP contribution in [0.2, 0.25) is 0 Å². The Labute approximate surface area is 526 Å². The number of hydrogen-bond acceptors (Lipinski definition) is 6. The van der Waals surface area contributed by atoms with Gasteiger partial charge in [0, 0.05) is 59.6 Å². The predicted molar refractivity (Wildman–Crippen MR) is 360 cm³/mol. The molecule has 0 N–H and O–H groups in total. The van der Waals surface area contributed by atoms with Crippen LogP contribution < -0.4 is 9.80 Å². The van der Waals surface area contributed by atoms with Crippen molar-refractivity contribution in [1.29, 1.82) is 0 Å². The first kappa shape index (κ1) is 58.4. The van der Waals surface area contributed by atoms with E-state index in [4.69, 9.17) is 18.9 Å². The van der Waals surface area contributed by atoms with Crippen LogP contribution in [0.15, 0.2) is 203 Å². The number of ether oxygens (including phenoxy) is 4. The first-order valence-corrected chi connectivity index (χ1v) is 32.7. The van der Waals surface area contributed by atoms with Crippen molar-refractivity contribution >= 4 is 66.0 Å². The largest absolute Gasteiger partial charge is 0.346 e. The van der Waals surface area contributed by atoms with Crippen molar-refractivity contribution in [2.24, 2.45) is 0 Å². The maximum atomic E-state index is 5.95. The molecule has 0 radical (unpaired) electrons. The molecule has 0 bridgehead atoms. The molecule has 2 aliphatic heterocycles.